The molecule has 1 aliphatic heterocycles. The molecule has 0 saturated carbocycles. The summed E-state index contributed by atoms with van der Waals surface area (Å²) in [6, 6.07) is -1.40. The second-order valence-corrected chi connectivity index (χ2v) is 5.82. The lowest BCUT2D eigenvalue weighted by Gasteiger charge is -2.36. The summed E-state index contributed by atoms with van der Waals surface area (Å²) in [6.45, 7) is 4.64. The Balaban J connectivity index is 2.75. The zero-order chi connectivity index (χ0) is 16.0. The number of primary amides is 1. The molecule has 7 heteroatoms. The van der Waals surface area contributed by atoms with Gasteiger partial charge in [-0.05, 0) is 18.8 Å². The second kappa shape index (κ2) is 7.85. The number of nitrogens with two attached hydrogens (primary N) is 1. The minimum absolute atomic E-state index is 0.129. The minimum Gasteiger partial charge on any atom is -0.481 e. The summed E-state index contributed by atoms with van der Waals surface area (Å²) in [5, 5.41) is 11.6. The zero-order valence-electron chi connectivity index (χ0n) is 12.7. The van der Waals surface area contributed by atoms with E-state index in [0.717, 1.165) is 12.8 Å². The lowest BCUT2D eigenvalue weighted by molar-refractivity contribution is -0.147. The minimum atomic E-state index is -0.882. The number of urea groups is 1. The molecule has 21 heavy (non-hydrogen) atoms. The molecule has 0 aromatic heterocycles. The lowest BCUT2D eigenvalue weighted by atomic mass is 9.90. The number of nitrogens with zero attached hydrogens (tertiary/aromatic N) is 1. The molecule has 1 fully saturated rings. The lowest BCUT2D eigenvalue weighted by Crippen LogP contribution is -2.54. The molecule has 120 valence electrons. The third-order valence-electron chi connectivity index (χ3n) is 3.78. The van der Waals surface area contributed by atoms with Gasteiger partial charge in [0, 0.05) is 13.1 Å². The molecule has 1 aliphatic rings. The van der Waals surface area contributed by atoms with Gasteiger partial charge in [0.05, 0.1) is 5.92 Å². The van der Waals surface area contributed by atoms with Crippen LogP contribution in [0.15, 0.2) is 0 Å². The van der Waals surface area contributed by atoms with Crippen molar-refractivity contribution in [2.75, 3.05) is 13.1 Å². The number of carboxylic acid groups (broad SMARTS) is 1. The molecule has 3 unspecified atom stereocenters. The predicted molar refractivity (Wildman–Crippen MR) is 77.5 cm³/mol. The van der Waals surface area contributed by atoms with E-state index in [1.807, 2.05) is 13.8 Å². The highest BCUT2D eigenvalue weighted by Gasteiger charge is 2.34. The number of carbonyl (C=O) groups is 3. The molecule has 0 spiro atoms. The maximum atomic E-state index is 12.5. The Kier molecular flexibility index (Phi) is 6.45. The maximum absolute atomic E-state index is 12.5. The Morgan fingerprint density at radius 3 is 2.57 bits per heavy atom. The molecule has 0 radical (unpaired) electrons. The fourth-order valence-electron chi connectivity index (χ4n) is 2.77. The summed E-state index contributed by atoms with van der Waals surface area (Å²) in [4.78, 5) is 36.3. The highest BCUT2D eigenvalue weighted by atomic mass is 16.4. The predicted octanol–water partition coefficient (Wildman–Crippen LogP) is 0.783. The highest BCUT2D eigenvalue weighted by Crippen LogP contribution is 2.23. The first-order valence-corrected chi connectivity index (χ1v) is 7.42. The molecular weight excluding hydrogens is 274 g/mol. The Morgan fingerprint density at radius 2 is 2.05 bits per heavy atom. The van der Waals surface area contributed by atoms with Crippen molar-refractivity contribution in [3.8, 4) is 0 Å². The molecule has 0 bridgehead atoms. The van der Waals surface area contributed by atoms with Gasteiger partial charge in [-0.15, -0.1) is 0 Å². The van der Waals surface area contributed by atoms with E-state index in [1.54, 1.807) is 4.90 Å². The van der Waals surface area contributed by atoms with Gasteiger partial charge >= 0.3 is 12.0 Å². The summed E-state index contributed by atoms with van der Waals surface area (Å²) in [5.74, 6) is -1.53. The van der Waals surface area contributed by atoms with Crippen LogP contribution in [0.1, 0.15) is 39.5 Å². The van der Waals surface area contributed by atoms with Gasteiger partial charge < -0.3 is 21.1 Å². The number of likely N-dealkylation sites (tertiary alicyclic amines) is 1. The highest BCUT2D eigenvalue weighted by molar-refractivity contribution is 5.87. The zero-order valence-corrected chi connectivity index (χ0v) is 12.7. The number of amides is 3. The Labute approximate surface area is 124 Å². The summed E-state index contributed by atoms with van der Waals surface area (Å²) in [6.07, 6.45) is 2.78. The first kappa shape index (κ1) is 17.3. The molecule has 1 rings (SSSR count). The number of aliphatic carboxylic acids is 1. The maximum Gasteiger partial charge on any atom is 0.312 e. The van der Waals surface area contributed by atoms with Gasteiger partial charge in [0.25, 0.3) is 0 Å². The van der Waals surface area contributed by atoms with Crippen LogP contribution in [-0.4, -0.2) is 47.0 Å². The number of carboxylic acids is 1. The number of rotatable bonds is 6. The van der Waals surface area contributed by atoms with Crippen LogP contribution in [0.3, 0.4) is 0 Å². The van der Waals surface area contributed by atoms with Gasteiger partial charge in [-0.1, -0.05) is 26.7 Å². The van der Waals surface area contributed by atoms with Crippen molar-refractivity contribution >= 4 is 17.9 Å². The molecule has 0 aromatic carbocycles. The Hall–Kier alpha value is -1.79. The van der Waals surface area contributed by atoms with Gasteiger partial charge in [-0.25, -0.2) is 4.79 Å². The summed E-state index contributed by atoms with van der Waals surface area (Å²) >= 11 is 0. The number of piperidine rings is 1. The van der Waals surface area contributed by atoms with E-state index < -0.39 is 24.0 Å². The normalized spacial score (nSPS) is 23.4. The standard InChI is InChI=1S/C14H25N3O4/c1-3-4-5-11(16-14(15)21)12(18)17-7-9(2)6-10(8-17)13(19)20/h9-11H,3-8H2,1-2H3,(H,19,20)(H3,15,16,21). The molecule has 3 amide bonds. The molecular formula is C14H25N3O4. The summed E-state index contributed by atoms with van der Waals surface area (Å²) in [7, 11) is 0. The number of carbonyl (C=O) groups excluding carboxylic acids is 2. The van der Waals surface area contributed by atoms with Gasteiger partial charge in [0.1, 0.15) is 6.04 Å². The van der Waals surface area contributed by atoms with Gasteiger partial charge in [-0.2, -0.15) is 0 Å². The molecule has 0 aromatic rings. The monoisotopic (exact) mass is 299 g/mol. The van der Waals surface area contributed by atoms with Crippen molar-refractivity contribution in [3.63, 3.8) is 0 Å². The van der Waals surface area contributed by atoms with Crippen molar-refractivity contribution in [2.24, 2.45) is 17.6 Å². The molecule has 1 saturated heterocycles. The van der Waals surface area contributed by atoms with E-state index in [2.05, 4.69) is 5.32 Å². The van der Waals surface area contributed by atoms with Crippen molar-refractivity contribution in [3.05, 3.63) is 0 Å². The van der Waals surface area contributed by atoms with E-state index in [9.17, 15) is 14.4 Å². The van der Waals surface area contributed by atoms with Crippen LogP contribution in [0.25, 0.3) is 0 Å². The SMILES string of the molecule is CCCCC(NC(N)=O)C(=O)N1CC(C)CC(C(=O)O)C1. The van der Waals surface area contributed by atoms with Crippen molar-refractivity contribution in [1.82, 2.24) is 10.2 Å². The van der Waals surface area contributed by atoms with E-state index in [0.29, 0.717) is 19.4 Å². The van der Waals surface area contributed by atoms with Crippen molar-refractivity contribution < 1.29 is 19.5 Å². The molecule has 4 N–H and O–H groups in total. The van der Waals surface area contributed by atoms with Crippen LogP contribution in [0.5, 0.6) is 0 Å². The Bertz CT molecular complexity index is 400. The summed E-state index contributed by atoms with van der Waals surface area (Å²) < 4.78 is 0. The number of hydrogen-bond donors (Lipinski definition) is 3. The van der Waals surface area contributed by atoms with E-state index >= 15 is 0 Å². The van der Waals surface area contributed by atoms with Crippen molar-refractivity contribution in [1.29, 1.82) is 0 Å². The topological polar surface area (TPSA) is 113 Å². The number of hydrogen-bond acceptors (Lipinski definition) is 3. The van der Waals surface area contributed by atoms with Gasteiger partial charge in [0.2, 0.25) is 5.91 Å². The van der Waals surface area contributed by atoms with E-state index in [1.165, 1.54) is 0 Å². The molecule has 1 heterocycles. The van der Waals surface area contributed by atoms with E-state index in [-0.39, 0.29) is 18.4 Å². The Morgan fingerprint density at radius 1 is 1.38 bits per heavy atom. The molecule has 3 atom stereocenters. The third kappa shape index (κ3) is 5.24. The quantitative estimate of drug-likeness (QED) is 0.672. The van der Waals surface area contributed by atoms with E-state index in [4.69, 9.17) is 10.8 Å². The van der Waals surface area contributed by atoms with Crippen LogP contribution < -0.4 is 11.1 Å². The number of nitrogens with one attached hydrogen (secondary N) is 1. The molecule has 7 nitrogen and oxygen atoms in total. The van der Waals surface area contributed by atoms with Crippen LogP contribution >= 0.6 is 0 Å². The van der Waals surface area contributed by atoms with Crippen molar-refractivity contribution in [2.45, 2.75) is 45.6 Å². The fourth-order valence-corrected chi connectivity index (χ4v) is 2.77. The fraction of sp³-hybridized carbons (Fsp3) is 0.786. The molecule has 0 aliphatic carbocycles. The van der Waals surface area contributed by atoms with Gasteiger partial charge in [-0.3, -0.25) is 9.59 Å². The van der Waals surface area contributed by atoms with Crippen LogP contribution in [0.2, 0.25) is 0 Å². The van der Waals surface area contributed by atoms with Crippen LogP contribution in [0.4, 0.5) is 4.79 Å². The van der Waals surface area contributed by atoms with Crippen LogP contribution in [0, 0.1) is 11.8 Å². The average molecular weight is 299 g/mol. The largest absolute Gasteiger partial charge is 0.481 e. The summed E-state index contributed by atoms with van der Waals surface area (Å²) in [5.41, 5.74) is 5.12. The second-order valence-electron chi connectivity index (χ2n) is 5.82. The third-order valence-corrected chi connectivity index (χ3v) is 3.78. The first-order chi connectivity index (χ1) is 9.85. The first-order valence-electron chi connectivity index (χ1n) is 7.42. The average Bonchev–Trinajstić information content (AvgIpc) is 2.41. The van der Waals surface area contributed by atoms with Crippen LogP contribution in [-0.2, 0) is 9.59 Å². The van der Waals surface area contributed by atoms with Gasteiger partial charge in [0.15, 0.2) is 0 Å². The number of unbranched alkanes of at least 4 members (excludes halogenated alkanes) is 1. The smallest absolute Gasteiger partial charge is 0.312 e.